The fourth-order valence-corrected chi connectivity index (χ4v) is 1.73. The third-order valence-electron chi connectivity index (χ3n) is 2.92. The molecule has 1 amide bonds. The smallest absolute Gasteiger partial charge is 0.257 e. The fourth-order valence-electron chi connectivity index (χ4n) is 1.73. The van der Waals surface area contributed by atoms with Gasteiger partial charge in [-0.2, -0.15) is 0 Å². The average molecular weight is 296 g/mol. The molecule has 6 nitrogen and oxygen atoms in total. The van der Waals surface area contributed by atoms with Crippen LogP contribution in [-0.4, -0.2) is 39.9 Å². The zero-order chi connectivity index (χ0) is 15.7. The van der Waals surface area contributed by atoms with Gasteiger partial charge in [-0.05, 0) is 31.0 Å². The zero-order valence-corrected chi connectivity index (χ0v) is 12.8. The number of hydrogen-bond donors (Lipinski definition) is 2. The van der Waals surface area contributed by atoms with E-state index in [0.717, 1.165) is 12.0 Å². The molecule has 0 aromatic heterocycles. The van der Waals surface area contributed by atoms with E-state index in [1.165, 1.54) is 0 Å². The van der Waals surface area contributed by atoms with E-state index in [2.05, 4.69) is 5.32 Å². The number of ether oxygens (including phenoxy) is 3. The van der Waals surface area contributed by atoms with Crippen molar-refractivity contribution in [1.82, 2.24) is 5.32 Å². The molecule has 6 heteroatoms. The summed E-state index contributed by atoms with van der Waals surface area (Å²) in [7, 11) is 3.18. The van der Waals surface area contributed by atoms with Crippen LogP contribution >= 0.6 is 0 Å². The number of nitrogens with one attached hydrogen (secondary N) is 1. The fraction of sp³-hybridized carbons (Fsp3) is 0.533. The largest absolute Gasteiger partial charge is 0.493 e. The van der Waals surface area contributed by atoms with E-state index in [-0.39, 0.29) is 18.6 Å². The van der Waals surface area contributed by atoms with Gasteiger partial charge in [0.1, 0.15) is 0 Å². The van der Waals surface area contributed by atoms with E-state index in [1.807, 2.05) is 19.1 Å². The van der Waals surface area contributed by atoms with Gasteiger partial charge < -0.3 is 25.3 Å². The maximum atomic E-state index is 11.6. The van der Waals surface area contributed by atoms with Gasteiger partial charge in [-0.25, -0.2) is 0 Å². The van der Waals surface area contributed by atoms with Crippen LogP contribution in [-0.2, 0) is 9.53 Å². The summed E-state index contributed by atoms with van der Waals surface area (Å²) in [4.78, 5) is 11.6. The minimum atomic E-state index is -0.176. The second-order valence-corrected chi connectivity index (χ2v) is 4.68. The SMILES string of the molecule is COCCCNC(=O)COc1ccc([C@@H](C)N)cc1OC. The van der Waals surface area contributed by atoms with Crippen LogP contribution in [0.25, 0.3) is 0 Å². The normalized spacial score (nSPS) is 11.8. The Kier molecular flexibility index (Phi) is 7.56. The monoisotopic (exact) mass is 296 g/mol. The van der Waals surface area contributed by atoms with Crippen LogP contribution in [0.2, 0.25) is 0 Å². The highest BCUT2D eigenvalue weighted by molar-refractivity contribution is 5.77. The van der Waals surface area contributed by atoms with Crippen molar-refractivity contribution in [2.24, 2.45) is 5.73 Å². The molecule has 0 heterocycles. The first-order valence-electron chi connectivity index (χ1n) is 6.90. The first kappa shape index (κ1) is 17.3. The highest BCUT2D eigenvalue weighted by atomic mass is 16.5. The van der Waals surface area contributed by atoms with Crippen LogP contribution in [0.3, 0.4) is 0 Å². The molecule has 118 valence electrons. The molecule has 1 aromatic carbocycles. The van der Waals surface area contributed by atoms with Crippen molar-refractivity contribution in [2.75, 3.05) is 34.0 Å². The van der Waals surface area contributed by atoms with Crippen molar-refractivity contribution in [3.63, 3.8) is 0 Å². The van der Waals surface area contributed by atoms with Gasteiger partial charge in [-0.15, -0.1) is 0 Å². The van der Waals surface area contributed by atoms with Crippen molar-refractivity contribution < 1.29 is 19.0 Å². The van der Waals surface area contributed by atoms with Crippen LogP contribution in [0.5, 0.6) is 11.5 Å². The summed E-state index contributed by atoms with van der Waals surface area (Å²) in [5.74, 6) is 0.912. The lowest BCUT2D eigenvalue weighted by molar-refractivity contribution is -0.123. The molecular formula is C15H24N2O4. The lowest BCUT2D eigenvalue weighted by Gasteiger charge is -2.13. The number of nitrogens with two attached hydrogens (primary N) is 1. The number of benzene rings is 1. The number of amides is 1. The van der Waals surface area contributed by atoms with E-state index in [1.54, 1.807) is 20.3 Å². The summed E-state index contributed by atoms with van der Waals surface area (Å²) < 4.78 is 15.6. The Labute approximate surface area is 125 Å². The van der Waals surface area contributed by atoms with Crippen LogP contribution in [0, 0.1) is 0 Å². The maximum Gasteiger partial charge on any atom is 0.257 e. The molecule has 0 saturated carbocycles. The van der Waals surface area contributed by atoms with Gasteiger partial charge in [-0.1, -0.05) is 6.07 Å². The summed E-state index contributed by atoms with van der Waals surface area (Å²) in [6.07, 6.45) is 0.772. The van der Waals surface area contributed by atoms with Crippen molar-refractivity contribution in [3.05, 3.63) is 23.8 Å². The van der Waals surface area contributed by atoms with Gasteiger partial charge in [0.15, 0.2) is 18.1 Å². The van der Waals surface area contributed by atoms with Gasteiger partial charge in [-0.3, -0.25) is 4.79 Å². The summed E-state index contributed by atoms with van der Waals surface area (Å²) in [6.45, 7) is 3.02. The lowest BCUT2D eigenvalue weighted by atomic mass is 10.1. The first-order valence-corrected chi connectivity index (χ1v) is 6.90. The van der Waals surface area contributed by atoms with E-state index in [0.29, 0.717) is 24.7 Å². The molecule has 0 aliphatic rings. The Morgan fingerprint density at radius 2 is 2.10 bits per heavy atom. The topological polar surface area (TPSA) is 82.8 Å². The third kappa shape index (κ3) is 6.01. The summed E-state index contributed by atoms with van der Waals surface area (Å²) >= 11 is 0. The van der Waals surface area contributed by atoms with Crippen molar-refractivity contribution in [2.45, 2.75) is 19.4 Å². The van der Waals surface area contributed by atoms with Crippen LogP contribution < -0.4 is 20.5 Å². The van der Waals surface area contributed by atoms with Crippen molar-refractivity contribution >= 4 is 5.91 Å². The van der Waals surface area contributed by atoms with Gasteiger partial charge in [0.25, 0.3) is 5.91 Å². The molecule has 0 radical (unpaired) electrons. The highest BCUT2D eigenvalue weighted by Gasteiger charge is 2.10. The minimum absolute atomic E-state index is 0.0547. The molecule has 0 saturated heterocycles. The molecular weight excluding hydrogens is 272 g/mol. The second-order valence-electron chi connectivity index (χ2n) is 4.68. The molecule has 1 aromatic rings. The lowest BCUT2D eigenvalue weighted by Crippen LogP contribution is -2.30. The van der Waals surface area contributed by atoms with E-state index in [4.69, 9.17) is 19.9 Å². The van der Waals surface area contributed by atoms with Crippen LogP contribution in [0.4, 0.5) is 0 Å². The van der Waals surface area contributed by atoms with Crippen molar-refractivity contribution in [1.29, 1.82) is 0 Å². The maximum absolute atomic E-state index is 11.6. The Hall–Kier alpha value is -1.79. The van der Waals surface area contributed by atoms with E-state index in [9.17, 15) is 4.79 Å². The van der Waals surface area contributed by atoms with Gasteiger partial charge in [0, 0.05) is 26.3 Å². The van der Waals surface area contributed by atoms with Gasteiger partial charge in [0.2, 0.25) is 0 Å². The minimum Gasteiger partial charge on any atom is -0.493 e. The Balaban J connectivity index is 2.49. The molecule has 0 bridgehead atoms. The highest BCUT2D eigenvalue weighted by Crippen LogP contribution is 2.29. The molecule has 1 atom stereocenters. The predicted octanol–water partition coefficient (Wildman–Crippen LogP) is 1.25. The van der Waals surface area contributed by atoms with Gasteiger partial charge >= 0.3 is 0 Å². The molecule has 3 N–H and O–H groups in total. The molecule has 0 unspecified atom stereocenters. The molecule has 0 aliphatic heterocycles. The molecule has 0 aliphatic carbocycles. The summed E-state index contributed by atoms with van der Waals surface area (Å²) in [5, 5.41) is 2.75. The third-order valence-corrected chi connectivity index (χ3v) is 2.92. The molecule has 1 rings (SSSR count). The number of rotatable bonds is 9. The Bertz CT molecular complexity index is 449. The van der Waals surface area contributed by atoms with Gasteiger partial charge in [0.05, 0.1) is 7.11 Å². The number of methoxy groups -OCH3 is 2. The van der Waals surface area contributed by atoms with Crippen molar-refractivity contribution in [3.8, 4) is 11.5 Å². The molecule has 0 fully saturated rings. The standard InChI is InChI=1S/C15H24N2O4/c1-11(16)12-5-6-13(14(9-12)20-3)21-10-15(18)17-7-4-8-19-2/h5-6,9,11H,4,7-8,10,16H2,1-3H3,(H,17,18)/t11-/m1/s1. The number of carbonyl (C=O) groups excluding carboxylic acids is 1. The predicted molar refractivity (Wildman–Crippen MR) is 80.6 cm³/mol. The number of carbonyl (C=O) groups is 1. The second kappa shape index (κ2) is 9.20. The summed E-state index contributed by atoms with van der Waals surface area (Å²) in [5.41, 5.74) is 6.77. The van der Waals surface area contributed by atoms with E-state index >= 15 is 0 Å². The number of hydrogen-bond acceptors (Lipinski definition) is 5. The Morgan fingerprint density at radius 1 is 1.33 bits per heavy atom. The van der Waals surface area contributed by atoms with Crippen LogP contribution in [0.15, 0.2) is 18.2 Å². The quantitative estimate of drug-likeness (QED) is 0.670. The zero-order valence-electron chi connectivity index (χ0n) is 12.8. The first-order chi connectivity index (χ1) is 10.1. The average Bonchev–Trinajstić information content (AvgIpc) is 2.49. The van der Waals surface area contributed by atoms with Crippen LogP contribution in [0.1, 0.15) is 24.9 Å². The Morgan fingerprint density at radius 3 is 2.71 bits per heavy atom. The molecule has 21 heavy (non-hydrogen) atoms. The van der Waals surface area contributed by atoms with E-state index < -0.39 is 0 Å². The summed E-state index contributed by atoms with van der Waals surface area (Å²) in [6, 6.07) is 5.35. The molecule has 0 spiro atoms.